The maximum absolute atomic E-state index is 12.3. The van der Waals surface area contributed by atoms with Gasteiger partial charge in [-0.1, -0.05) is 13.0 Å². The van der Waals surface area contributed by atoms with Crippen LogP contribution in [0.1, 0.15) is 13.3 Å². The quantitative estimate of drug-likeness (QED) is 0.897. The number of anilines is 1. The van der Waals surface area contributed by atoms with Gasteiger partial charge in [-0.05, 0) is 24.5 Å². The molecule has 1 saturated heterocycles. The van der Waals surface area contributed by atoms with Crippen molar-refractivity contribution in [3.05, 3.63) is 18.2 Å². The molecule has 2 aliphatic rings. The Morgan fingerprint density at radius 1 is 1.39 bits per heavy atom. The molecule has 3 rings (SSSR count). The van der Waals surface area contributed by atoms with Gasteiger partial charge in [-0.25, -0.2) is 0 Å². The van der Waals surface area contributed by atoms with Crippen LogP contribution in [0, 0.1) is 11.8 Å². The summed E-state index contributed by atoms with van der Waals surface area (Å²) in [7, 11) is 0. The summed E-state index contributed by atoms with van der Waals surface area (Å²) in [6.07, 6.45) is 0.664. The van der Waals surface area contributed by atoms with Crippen molar-refractivity contribution in [1.29, 1.82) is 0 Å². The lowest BCUT2D eigenvalue weighted by Gasteiger charge is -2.34. The fourth-order valence-electron chi connectivity index (χ4n) is 3.07. The van der Waals surface area contributed by atoms with E-state index in [-0.39, 0.29) is 18.4 Å². The van der Waals surface area contributed by atoms with E-state index in [9.17, 15) is 14.7 Å². The van der Waals surface area contributed by atoms with Gasteiger partial charge < -0.3 is 10.4 Å². The Hall–Kier alpha value is -2.06. The van der Waals surface area contributed by atoms with E-state index in [0.29, 0.717) is 24.3 Å². The van der Waals surface area contributed by atoms with Crippen molar-refractivity contribution in [3.63, 3.8) is 0 Å². The largest absolute Gasteiger partial charge is 0.481 e. The Bertz CT molecular complexity index is 715. The molecule has 1 aromatic rings. The minimum atomic E-state index is -0.791. The van der Waals surface area contributed by atoms with Gasteiger partial charge in [0.05, 0.1) is 29.5 Å². The molecule has 23 heavy (non-hydrogen) atoms. The number of amides is 1. The molecular weight excluding hydrogens is 316 g/mol. The number of nitrogens with one attached hydrogen (secondary N) is 1. The van der Waals surface area contributed by atoms with Crippen LogP contribution in [0.2, 0.25) is 0 Å². The topological polar surface area (TPSA) is 94.4 Å². The minimum absolute atomic E-state index is 0.163. The maximum Gasteiger partial charge on any atom is 0.307 e. The molecular formula is C15H18N4O3S. The summed E-state index contributed by atoms with van der Waals surface area (Å²) in [5, 5.41) is 12.0. The smallest absolute Gasteiger partial charge is 0.307 e. The number of rotatable bonds is 4. The van der Waals surface area contributed by atoms with Crippen LogP contribution in [-0.2, 0) is 20.9 Å². The molecule has 1 amide bonds. The molecule has 2 aliphatic heterocycles. The van der Waals surface area contributed by atoms with Gasteiger partial charge in [0.25, 0.3) is 0 Å². The van der Waals surface area contributed by atoms with Crippen LogP contribution < -0.4 is 5.32 Å². The molecule has 2 N–H and O–H groups in total. The number of piperidine rings is 1. The second-order valence-electron chi connectivity index (χ2n) is 6.06. The molecule has 122 valence electrons. The highest BCUT2D eigenvalue weighted by Crippen LogP contribution is 2.38. The molecule has 2 heterocycles. The number of hydrogen-bond donors (Lipinski definition) is 2. The number of carboxylic acid groups (broad SMARTS) is 1. The number of nitrogens with zero attached hydrogens (tertiary/aromatic N) is 3. The molecule has 8 heteroatoms. The number of carbonyl (C=O) groups excluding carboxylic acids is 1. The van der Waals surface area contributed by atoms with E-state index in [1.54, 1.807) is 6.07 Å². The lowest BCUT2D eigenvalue weighted by atomic mass is 9.90. The first kappa shape index (κ1) is 15.8. The van der Waals surface area contributed by atoms with E-state index >= 15 is 0 Å². The maximum atomic E-state index is 12.3. The Labute approximate surface area is 137 Å². The second-order valence-corrected chi connectivity index (χ2v) is 6.58. The summed E-state index contributed by atoms with van der Waals surface area (Å²) < 4.78 is 8.34. The van der Waals surface area contributed by atoms with Gasteiger partial charge in [-0.3, -0.25) is 14.5 Å². The molecule has 2 atom stereocenters. The van der Waals surface area contributed by atoms with E-state index < -0.39 is 11.9 Å². The average molecular weight is 334 g/mol. The number of aliphatic carboxylic acids is 1. The fraction of sp³-hybridized carbons (Fsp3) is 0.467. The van der Waals surface area contributed by atoms with Gasteiger partial charge in [0.2, 0.25) is 5.91 Å². The SMILES string of the molecule is CC1CC(C(=O)O)CN(CC(=O)Nc2cccc3c2N=S=N3)C1. The second kappa shape index (κ2) is 6.59. The first-order valence-corrected chi connectivity index (χ1v) is 8.22. The zero-order valence-corrected chi connectivity index (χ0v) is 13.5. The summed E-state index contributed by atoms with van der Waals surface area (Å²) in [6.45, 7) is 3.35. The number of hydrogen-bond acceptors (Lipinski definition) is 5. The summed E-state index contributed by atoms with van der Waals surface area (Å²) in [6, 6.07) is 5.46. The lowest BCUT2D eigenvalue weighted by Crippen LogP contribution is -2.45. The zero-order chi connectivity index (χ0) is 16.4. The number of likely N-dealkylation sites (tertiary alicyclic amines) is 1. The monoisotopic (exact) mass is 334 g/mol. The van der Waals surface area contributed by atoms with Gasteiger partial charge in [-0.2, -0.15) is 8.73 Å². The summed E-state index contributed by atoms with van der Waals surface area (Å²) in [4.78, 5) is 25.4. The fourth-order valence-corrected chi connectivity index (χ4v) is 3.62. The van der Waals surface area contributed by atoms with Crippen molar-refractivity contribution in [1.82, 2.24) is 4.90 Å². The summed E-state index contributed by atoms with van der Waals surface area (Å²) in [5.74, 6) is -1.09. The third kappa shape index (κ3) is 3.65. The predicted molar refractivity (Wildman–Crippen MR) is 88.0 cm³/mol. The highest BCUT2D eigenvalue weighted by Gasteiger charge is 2.30. The van der Waals surface area contributed by atoms with Gasteiger partial charge in [-0.15, -0.1) is 0 Å². The summed E-state index contributed by atoms with van der Waals surface area (Å²) in [5.41, 5.74) is 2.08. The molecule has 0 saturated carbocycles. The van der Waals surface area contributed by atoms with Crippen LogP contribution in [0.25, 0.3) is 0 Å². The number of carboxylic acids is 1. The average Bonchev–Trinajstić information content (AvgIpc) is 2.96. The molecule has 0 radical (unpaired) electrons. The highest BCUT2D eigenvalue weighted by molar-refractivity contribution is 7.58. The van der Waals surface area contributed by atoms with E-state index in [0.717, 1.165) is 23.6 Å². The van der Waals surface area contributed by atoms with Gasteiger partial charge in [0.1, 0.15) is 11.4 Å². The normalized spacial score (nSPS) is 23.2. The van der Waals surface area contributed by atoms with Crippen LogP contribution in [0.4, 0.5) is 17.1 Å². The Morgan fingerprint density at radius 2 is 2.22 bits per heavy atom. The van der Waals surface area contributed by atoms with Gasteiger partial charge in [0, 0.05) is 13.1 Å². The van der Waals surface area contributed by atoms with Crippen molar-refractivity contribution >= 4 is 40.3 Å². The Balaban J connectivity index is 1.63. The predicted octanol–water partition coefficient (Wildman–Crippen LogP) is 2.39. The van der Waals surface area contributed by atoms with E-state index in [1.165, 1.54) is 0 Å². The number of benzene rings is 1. The van der Waals surface area contributed by atoms with E-state index in [2.05, 4.69) is 14.0 Å². The zero-order valence-electron chi connectivity index (χ0n) is 12.7. The van der Waals surface area contributed by atoms with Crippen LogP contribution in [0.15, 0.2) is 26.9 Å². The van der Waals surface area contributed by atoms with E-state index in [4.69, 9.17) is 0 Å². The number of fused-ring (bicyclic) bond motifs is 1. The Kier molecular flexibility index (Phi) is 4.53. The lowest BCUT2D eigenvalue weighted by molar-refractivity contribution is -0.144. The molecule has 7 nitrogen and oxygen atoms in total. The summed E-state index contributed by atoms with van der Waals surface area (Å²) >= 11 is 1.11. The van der Waals surface area contributed by atoms with Crippen molar-refractivity contribution in [2.45, 2.75) is 13.3 Å². The van der Waals surface area contributed by atoms with E-state index in [1.807, 2.05) is 24.0 Å². The molecule has 0 bridgehead atoms. The van der Waals surface area contributed by atoms with Crippen molar-refractivity contribution in [2.75, 3.05) is 25.0 Å². The molecule has 0 aliphatic carbocycles. The number of carbonyl (C=O) groups is 2. The molecule has 1 fully saturated rings. The third-order valence-corrected chi connectivity index (χ3v) is 4.55. The van der Waals surface area contributed by atoms with Crippen molar-refractivity contribution in [3.8, 4) is 0 Å². The molecule has 0 spiro atoms. The third-order valence-electron chi connectivity index (χ3n) is 4.01. The highest BCUT2D eigenvalue weighted by atomic mass is 32.1. The van der Waals surface area contributed by atoms with Gasteiger partial charge in [0.15, 0.2) is 0 Å². The van der Waals surface area contributed by atoms with Crippen LogP contribution in [0.5, 0.6) is 0 Å². The van der Waals surface area contributed by atoms with Crippen LogP contribution in [0.3, 0.4) is 0 Å². The molecule has 0 aromatic heterocycles. The molecule has 1 aromatic carbocycles. The standard InChI is InChI=1S/C15H18N4O3S/c1-9-5-10(15(21)22)7-19(6-9)8-13(20)16-11-3-2-4-12-14(11)18-23-17-12/h2-4,9-10H,5-8H2,1H3,(H,16,20)(H,21,22). The first-order chi connectivity index (χ1) is 11.0. The van der Waals surface area contributed by atoms with Gasteiger partial charge >= 0.3 is 5.97 Å². The Morgan fingerprint density at radius 3 is 3.00 bits per heavy atom. The van der Waals surface area contributed by atoms with Crippen molar-refractivity contribution < 1.29 is 14.7 Å². The molecule has 2 unspecified atom stereocenters. The first-order valence-electron chi connectivity index (χ1n) is 7.49. The van der Waals surface area contributed by atoms with Crippen LogP contribution in [-0.4, -0.2) is 41.5 Å². The van der Waals surface area contributed by atoms with Crippen molar-refractivity contribution in [2.24, 2.45) is 20.6 Å². The van der Waals surface area contributed by atoms with Crippen LogP contribution >= 0.6 is 0 Å². The minimum Gasteiger partial charge on any atom is -0.481 e.